The molecule has 0 radical (unpaired) electrons. The van der Waals surface area contributed by atoms with E-state index in [1.165, 1.54) is 70.6 Å². The number of aliphatic hydroxyl groups excluding tert-OH is 1. The highest BCUT2D eigenvalue weighted by Gasteiger charge is 2.01. The molecule has 4 nitrogen and oxygen atoms in total. The lowest BCUT2D eigenvalue weighted by Crippen LogP contribution is -2.29. The fraction of sp³-hybridized carbons (Fsp3) is 0.947. The summed E-state index contributed by atoms with van der Waals surface area (Å²) in [6, 6.07) is -0.415. The second-order valence-electron chi connectivity index (χ2n) is 6.76. The average molecular weight is 329 g/mol. The van der Waals surface area contributed by atoms with Gasteiger partial charge in [0.25, 0.3) is 0 Å². The van der Waals surface area contributed by atoms with Crippen LogP contribution in [-0.4, -0.2) is 23.8 Å². The van der Waals surface area contributed by atoms with Crippen molar-refractivity contribution in [1.29, 1.82) is 0 Å². The van der Waals surface area contributed by atoms with Gasteiger partial charge in [-0.2, -0.15) is 0 Å². The second kappa shape index (κ2) is 17.6. The van der Waals surface area contributed by atoms with E-state index in [1.54, 1.807) is 0 Å². The molecule has 0 aromatic heterocycles. The van der Waals surface area contributed by atoms with Gasteiger partial charge >= 0.3 is 6.03 Å². The fourth-order valence-corrected chi connectivity index (χ4v) is 2.96. The third-order valence-electron chi connectivity index (χ3n) is 4.39. The van der Waals surface area contributed by atoms with Gasteiger partial charge in [-0.3, -0.25) is 0 Å². The van der Waals surface area contributed by atoms with E-state index in [1.807, 2.05) is 0 Å². The maximum atomic E-state index is 10.5. The normalized spacial score (nSPS) is 12.3. The Morgan fingerprint density at radius 3 is 1.70 bits per heavy atom. The number of aliphatic hydroxyl groups is 1. The van der Waals surface area contributed by atoms with Crippen LogP contribution >= 0.6 is 0 Å². The summed E-state index contributed by atoms with van der Waals surface area (Å²) in [5, 5.41) is 12.3. The topological polar surface area (TPSA) is 75.3 Å². The van der Waals surface area contributed by atoms with Gasteiger partial charge < -0.3 is 16.2 Å². The van der Waals surface area contributed by atoms with E-state index in [2.05, 4.69) is 12.2 Å². The monoisotopic (exact) mass is 328 g/mol. The summed E-state index contributed by atoms with van der Waals surface area (Å²) >= 11 is 0. The van der Waals surface area contributed by atoms with E-state index in [4.69, 9.17) is 5.73 Å². The van der Waals surface area contributed by atoms with Gasteiger partial charge in [-0.15, -0.1) is 0 Å². The standard InChI is InChI=1S/C19H40N2O2/c1-2-15-18(22)16-13-11-9-7-5-3-4-6-8-10-12-14-17-21-19(20)23/h18,22H,2-17H2,1H3,(H3,20,21,23). The highest BCUT2D eigenvalue weighted by molar-refractivity contribution is 5.71. The number of carbonyl (C=O) groups excluding carboxylic acids is 1. The van der Waals surface area contributed by atoms with Gasteiger partial charge in [-0.1, -0.05) is 84.0 Å². The SMILES string of the molecule is CCCC(O)CCCCCCCCCCCCCCNC(N)=O. The fourth-order valence-electron chi connectivity index (χ4n) is 2.96. The number of nitrogens with one attached hydrogen (secondary N) is 1. The molecule has 0 saturated heterocycles. The van der Waals surface area contributed by atoms with Crippen LogP contribution in [0.1, 0.15) is 103 Å². The zero-order valence-corrected chi connectivity index (χ0v) is 15.3. The minimum Gasteiger partial charge on any atom is -0.393 e. The molecule has 138 valence electrons. The summed E-state index contributed by atoms with van der Waals surface area (Å²) in [7, 11) is 0. The number of carbonyl (C=O) groups is 1. The summed E-state index contributed by atoms with van der Waals surface area (Å²) in [4.78, 5) is 10.5. The molecule has 23 heavy (non-hydrogen) atoms. The predicted molar refractivity (Wildman–Crippen MR) is 98.5 cm³/mol. The van der Waals surface area contributed by atoms with Gasteiger partial charge in [0.15, 0.2) is 0 Å². The van der Waals surface area contributed by atoms with Crippen LogP contribution in [0.4, 0.5) is 4.79 Å². The molecule has 0 aromatic carbocycles. The first-order chi connectivity index (χ1) is 11.2. The number of nitrogens with two attached hydrogens (primary N) is 1. The van der Waals surface area contributed by atoms with Crippen LogP contribution in [0, 0.1) is 0 Å². The van der Waals surface area contributed by atoms with Crippen LogP contribution < -0.4 is 11.1 Å². The van der Waals surface area contributed by atoms with Gasteiger partial charge in [-0.25, -0.2) is 4.79 Å². The molecule has 0 rings (SSSR count). The first-order valence-corrected chi connectivity index (χ1v) is 9.88. The van der Waals surface area contributed by atoms with Crippen molar-refractivity contribution in [3.63, 3.8) is 0 Å². The minimum absolute atomic E-state index is 0.0634. The third-order valence-corrected chi connectivity index (χ3v) is 4.39. The number of primary amides is 1. The highest BCUT2D eigenvalue weighted by Crippen LogP contribution is 2.13. The smallest absolute Gasteiger partial charge is 0.312 e. The summed E-state index contributed by atoms with van der Waals surface area (Å²) in [6.07, 6.45) is 18.3. The molecule has 0 heterocycles. The van der Waals surface area contributed by atoms with Gasteiger partial charge in [0, 0.05) is 6.54 Å². The molecule has 0 spiro atoms. The first kappa shape index (κ1) is 22.2. The molecule has 0 fully saturated rings. The lowest BCUT2D eigenvalue weighted by atomic mass is 10.0. The molecule has 1 unspecified atom stereocenters. The van der Waals surface area contributed by atoms with Crippen molar-refractivity contribution in [3.8, 4) is 0 Å². The highest BCUT2D eigenvalue weighted by atomic mass is 16.3. The van der Waals surface area contributed by atoms with Crippen LogP contribution in [0.15, 0.2) is 0 Å². The van der Waals surface area contributed by atoms with Crippen molar-refractivity contribution in [2.75, 3.05) is 6.54 Å². The number of amides is 2. The van der Waals surface area contributed by atoms with Crippen LogP contribution in [0.25, 0.3) is 0 Å². The van der Waals surface area contributed by atoms with E-state index in [9.17, 15) is 9.90 Å². The number of rotatable bonds is 17. The Hall–Kier alpha value is -0.770. The van der Waals surface area contributed by atoms with Gasteiger partial charge in [0.1, 0.15) is 0 Å². The summed E-state index contributed by atoms with van der Waals surface area (Å²) in [5.41, 5.74) is 5.00. The minimum atomic E-state index is -0.415. The first-order valence-electron chi connectivity index (χ1n) is 9.88. The Morgan fingerprint density at radius 1 is 0.826 bits per heavy atom. The van der Waals surface area contributed by atoms with Gasteiger partial charge in [-0.05, 0) is 19.3 Å². The zero-order valence-electron chi connectivity index (χ0n) is 15.3. The molecule has 4 N–H and O–H groups in total. The molecule has 0 bridgehead atoms. The molecular weight excluding hydrogens is 288 g/mol. The van der Waals surface area contributed by atoms with Gasteiger partial charge in [0.2, 0.25) is 0 Å². The van der Waals surface area contributed by atoms with Crippen LogP contribution in [-0.2, 0) is 0 Å². The third kappa shape index (κ3) is 19.2. The molecular formula is C19H40N2O2. The predicted octanol–water partition coefficient (Wildman–Crippen LogP) is 4.89. The van der Waals surface area contributed by atoms with E-state index < -0.39 is 6.03 Å². The second-order valence-corrected chi connectivity index (χ2v) is 6.76. The quantitative estimate of drug-likeness (QED) is 0.333. The van der Waals surface area contributed by atoms with Crippen molar-refractivity contribution in [3.05, 3.63) is 0 Å². The molecule has 0 aliphatic heterocycles. The number of unbranched alkanes of at least 4 members (excludes halogenated alkanes) is 11. The van der Waals surface area contributed by atoms with Crippen LogP contribution in [0.5, 0.6) is 0 Å². The molecule has 0 saturated carbocycles. The van der Waals surface area contributed by atoms with Crippen molar-refractivity contribution < 1.29 is 9.90 Å². The molecule has 4 heteroatoms. The van der Waals surface area contributed by atoms with E-state index in [0.29, 0.717) is 6.54 Å². The van der Waals surface area contributed by atoms with Crippen LogP contribution in [0.3, 0.4) is 0 Å². The molecule has 0 aliphatic rings. The Balaban J connectivity index is 3.04. The lowest BCUT2D eigenvalue weighted by Gasteiger charge is -2.08. The van der Waals surface area contributed by atoms with Crippen molar-refractivity contribution >= 4 is 6.03 Å². The molecule has 1 atom stereocenters. The summed E-state index contributed by atoms with van der Waals surface area (Å²) in [5.74, 6) is 0. The number of urea groups is 1. The van der Waals surface area contributed by atoms with Gasteiger partial charge in [0.05, 0.1) is 6.10 Å². The van der Waals surface area contributed by atoms with E-state index in [-0.39, 0.29) is 6.10 Å². The van der Waals surface area contributed by atoms with Crippen molar-refractivity contribution in [2.24, 2.45) is 5.73 Å². The maximum Gasteiger partial charge on any atom is 0.312 e. The van der Waals surface area contributed by atoms with E-state index in [0.717, 1.165) is 25.7 Å². The Morgan fingerprint density at radius 2 is 1.26 bits per heavy atom. The molecule has 0 aliphatic carbocycles. The Labute approximate surface area is 143 Å². The Kier molecular flexibility index (Phi) is 17.0. The summed E-state index contributed by atoms with van der Waals surface area (Å²) in [6.45, 7) is 2.84. The van der Waals surface area contributed by atoms with E-state index >= 15 is 0 Å². The molecule has 0 aromatic rings. The van der Waals surface area contributed by atoms with Crippen molar-refractivity contribution in [2.45, 2.75) is 109 Å². The average Bonchev–Trinajstić information content (AvgIpc) is 2.51. The summed E-state index contributed by atoms with van der Waals surface area (Å²) < 4.78 is 0. The van der Waals surface area contributed by atoms with Crippen LogP contribution in [0.2, 0.25) is 0 Å². The van der Waals surface area contributed by atoms with Crippen molar-refractivity contribution in [1.82, 2.24) is 5.32 Å². The maximum absolute atomic E-state index is 10.5. The lowest BCUT2D eigenvalue weighted by molar-refractivity contribution is 0.150. The molecule has 2 amide bonds. The number of hydrogen-bond acceptors (Lipinski definition) is 2. The Bertz CT molecular complexity index is 260. The zero-order chi connectivity index (χ0) is 17.2. The number of hydrogen-bond donors (Lipinski definition) is 3. The largest absolute Gasteiger partial charge is 0.393 e.